The van der Waals surface area contributed by atoms with E-state index in [-0.39, 0.29) is 30.1 Å². The molecule has 8 heterocycles. The van der Waals surface area contributed by atoms with Gasteiger partial charge in [-0.05, 0) is 79.1 Å². The first-order valence-electron chi connectivity index (χ1n) is 24.4. The first-order valence-corrected chi connectivity index (χ1v) is 24.4. The number of carbonyl (C=O) groups excluding carboxylic acids is 1. The van der Waals surface area contributed by atoms with E-state index < -0.39 is 11.6 Å². The summed E-state index contributed by atoms with van der Waals surface area (Å²) in [6, 6.07) is 24.4. The summed E-state index contributed by atoms with van der Waals surface area (Å²) >= 11 is 0. The Bertz CT molecular complexity index is 2620. The Hall–Kier alpha value is -7.54. The molecular weight excluding hydrogens is 957 g/mol. The van der Waals surface area contributed by atoms with Gasteiger partial charge in [0.2, 0.25) is 11.9 Å². The average Bonchev–Trinajstić information content (AvgIpc) is 3.46. The van der Waals surface area contributed by atoms with Crippen LogP contribution < -0.4 is 41.6 Å². The molecule has 4 aromatic heterocycles. The number of halogens is 2. The van der Waals surface area contributed by atoms with E-state index in [1.54, 1.807) is 36.5 Å². The molecule has 0 bridgehead atoms. The number of morpholine rings is 4. The zero-order chi connectivity index (χ0) is 51.7. The van der Waals surface area contributed by atoms with Crippen molar-refractivity contribution < 1.29 is 37.6 Å². The van der Waals surface area contributed by atoms with Crippen LogP contribution >= 0.6 is 0 Å². The third-order valence-corrected chi connectivity index (χ3v) is 11.6. The summed E-state index contributed by atoms with van der Waals surface area (Å²) in [6.07, 6.45) is 8.90. The minimum atomic E-state index is -0.470. The van der Waals surface area contributed by atoms with E-state index in [1.807, 2.05) is 23.1 Å². The monoisotopic (exact) mass is 1020 g/mol. The normalized spacial score (nSPS) is 15.6. The van der Waals surface area contributed by atoms with Crippen molar-refractivity contribution in [3.8, 4) is 0 Å². The molecule has 6 aromatic rings. The van der Waals surface area contributed by atoms with Gasteiger partial charge in [0.25, 0.3) is 0 Å². The number of aliphatic hydroxyl groups excluding tert-OH is 1. The third-order valence-electron chi connectivity index (χ3n) is 11.6. The number of aromatic nitrogens is 6. The topological polar surface area (TPSA) is 239 Å². The summed E-state index contributed by atoms with van der Waals surface area (Å²) < 4.78 is 48.8. The number of hydrogen-bond donors (Lipinski definition) is 5. The highest BCUT2D eigenvalue weighted by Gasteiger charge is 2.19. The van der Waals surface area contributed by atoms with Gasteiger partial charge in [0, 0.05) is 82.2 Å². The summed E-state index contributed by atoms with van der Waals surface area (Å²) in [7, 11) is 0. The number of nitrogen functional groups attached to an aromatic ring is 1. The van der Waals surface area contributed by atoms with Crippen LogP contribution in [0.25, 0.3) is 0 Å². The van der Waals surface area contributed by atoms with Gasteiger partial charge in [0.15, 0.2) is 29.6 Å². The maximum absolute atomic E-state index is 14.1. The highest BCUT2D eigenvalue weighted by atomic mass is 19.1. The molecule has 0 amide bonds. The number of nitrogens with one attached hydrogen (secondary N) is 3. The number of nitrogens with two attached hydrogens (primary N) is 1. The fourth-order valence-corrected chi connectivity index (χ4v) is 7.78. The van der Waals surface area contributed by atoms with Crippen molar-refractivity contribution >= 4 is 58.8 Å². The molecule has 21 nitrogen and oxygen atoms in total. The summed E-state index contributed by atoms with van der Waals surface area (Å²) in [6.45, 7) is 13.5. The molecule has 6 N–H and O–H groups in total. The van der Waals surface area contributed by atoms with Crippen molar-refractivity contribution in [3.63, 3.8) is 0 Å². The Morgan fingerprint density at radius 1 is 0.581 bits per heavy atom. The maximum Gasteiger partial charge on any atom is 0.245 e. The Labute approximate surface area is 428 Å². The Morgan fingerprint density at radius 2 is 1.03 bits per heavy atom. The zero-order valence-corrected chi connectivity index (χ0v) is 41.4. The van der Waals surface area contributed by atoms with Gasteiger partial charge in [-0.15, -0.1) is 0 Å². The smallest absolute Gasteiger partial charge is 0.245 e. The number of nitrogens with zero attached hydrogens (tertiary/aromatic N) is 11. The van der Waals surface area contributed by atoms with Crippen LogP contribution in [0, 0.1) is 11.6 Å². The van der Waals surface area contributed by atoms with E-state index >= 15 is 0 Å². The van der Waals surface area contributed by atoms with E-state index in [4.69, 9.17) is 29.9 Å². The summed E-state index contributed by atoms with van der Waals surface area (Å²) in [5.41, 5.74) is 12.8. The van der Waals surface area contributed by atoms with Gasteiger partial charge in [-0.1, -0.05) is 18.2 Å². The molecule has 4 aliphatic rings. The Morgan fingerprint density at radius 3 is 1.50 bits per heavy atom. The number of aldehydes is 1. The number of benzene rings is 2. The van der Waals surface area contributed by atoms with E-state index in [0.29, 0.717) is 64.0 Å². The van der Waals surface area contributed by atoms with Crippen LogP contribution in [-0.4, -0.2) is 159 Å². The number of hydrogen-bond acceptors (Lipinski definition) is 21. The molecule has 4 fully saturated rings. The van der Waals surface area contributed by atoms with Crippen LogP contribution in [0.5, 0.6) is 0 Å². The van der Waals surface area contributed by atoms with E-state index in [1.165, 1.54) is 16.9 Å². The Kier molecular flexibility index (Phi) is 21.4. The molecule has 0 atom stereocenters. The molecule has 4 aliphatic heterocycles. The molecule has 392 valence electrons. The zero-order valence-electron chi connectivity index (χ0n) is 41.4. The number of rotatable bonds is 13. The van der Waals surface area contributed by atoms with Gasteiger partial charge in [0.05, 0.1) is 89.0 Å². The molecule has 0 radical (unpaired) electrons. The lowest BCUT2D eigenvalue weighted by Gasteiger charge is -2.28. The van der Waals surface area contributed by atoms with Gasteiger partial charge in [-0.3, -0.25) is 20.2 Å². The van der Waals surface area contributed by atoms with Gasteiger partial charge < -0.3 is 49.0 Å². The van der Waals surface area contributed by atoms with E-state index in [2.05, 4.69) is 110 Å². The molecule has 0 spiro atoms. The summed E-state index contributed by atoms with van der Waals surface area (Å²) in [5, 5.41) is 15.1. The lowest BCUT2D eigenvalue weighted by atomic mass is 10.1. The molecule has 10 rings (SSSR count). The number of anilines is 8. The number of carbonyl (C=O) groups is 1. The van der Waals surface area contributed by atoms with Crippen molar-refractivity contribution in [1.29, 1.82) is 0 Å². The fourth-order valence-electron chi connectivity index (χ4n) is 7.78. The van der Waals surface area contributed by atoms with Gasteiger partial charge >= 0.3 is 0 Å². The molecule has 4 saturated heterocycles. The molecule has 0 unspecified atom stereocenters. The predicted molar refractivity (Wildman–Crippen MR) is 281 cm³/mol. The standard InChI is InChI=1S/C24H27FN8O2.C17H18N2O2.C8H12FN5O.C2H6O/c25-22-17-27-24(30-23(22)33-9-13-35-14-10-33)31-28-16-19-1-2-20(15-26-19)29-18-3-5-21(6-4-18)32-7-11-34-12-8-32;20-13-16-4-1-15(12-18-16)11-14-2-5-17(6-3-14)19-7-9-21-10-8-19;9-6-5-11-8(13-10)12-7(6)14-1-3-15-4-2-14;1-2-3/h1-6,15-17,29H,7-14H2,(H,27,30,31);1-6,12-13H,7-11H2;5H,1-4,10H2,(H,11,12,13);3H,2H2,1H3/b28-16+;;;. The molecular formula is C51H63F2N15O6. The minimum absolute atomic E-state index is 0.206. The maximum atomic E-state index is 14.1. The molecule has 0 saturated carbocycles. The van der Waals surface area contributed by atoms with Crippen molar-refractivity contribution in [1.82, 2.24) is 29.9 Å². The van der Waals surface area contributed by atoms with Gasteiger partial charge in [0.1, 0.15) is 5.69 Å². The number of ether oxygens (including phenoxy) is 4. The quantitative estimate of drug-likeness (QED) is 0.0446. The molecule has 0 aliphatic carbocycles. The number of aliphatic hydroxyl groups is 1. The molecule has 2 aromatic carbocycles. The number of hydrazine groups is 1. The average molecular weight is 1020 g/mol. The van der Waals surface area contributed by atoms with Crippen LogP contribution in [0.1, 0.15) is 34.2 Å². The number of hydrazone groups is 1. The van der Waals surface area contributed by atoms with Gasteiger partial charge in [-0.2, -0.15) is 15.1 Å². The highest BCUT2D eigenvalue weighted by molar-refractivity contribution is 5.78. The minimum Gasteiger partial charge on any atom is -0.397 e. The second-order valence-electron chi connectivity index (χ2n) is 16.7. The van der Waals surface area contributed by atoms with E-state index in [9.17, 15) is 13.6 Å². The van der Waals surface area contributed by atoms with Crippen LogP contribution in [0.4, 0.5) is 55.1 Å². The third kappa shape index (κ3) is 16.8. The van der Waals surface area contributed by atoms with Crippen LogP contribution in [0.3, 0.4) is 0 Å². The van der Waals surface area contributed by atoms with Crippen LogP contribution in [0.15, 0.2) is 103 Å². The van der Waals surface area contributed by atoms with Gasteiger partial charge in [-0.25, -0.2) is 30.0 Å². The van der Waals surface area contributed by atoms with Crippen LogP contribution in [0.2, 0.25) is 0 Å². The second kappa shape index (κ2) is 29.2. The lowest BCUT2D eigenvalue weighted by Crippen LogP contribution is -2.37. The molecule has 74 heavy (non-hydrogen) atoms. The summed E-state index contributed by atoms with van der Waals surface area (Å²) in [4.78, 5) is 43.2. The summed E-state index contributed by atoms with van der Waals surface area (Å²) in [5.74, 6) is 5.16. The predicted octanol–water partition coefficient (Wildman–Crippen LogP) is 4.93. The van der Waals surface area contributed by atoms with Crippen molar-refractivity contribution in [2.24, 2.45) is 10.9 Å². The number of pyridine rings is 2. The van der Waals surface area contributed by atoms with Crippen molar-refractivity contribution in [2.75, 3.05) is 148 Å². The van der Waals surface area contributed by atoms with Crippen molar-refractivity contribution in [3.05, 3.63) is 132 Å². The lowest BCUT2D eigenvalue weighted by molar-refractivity contribution is 0.111. The Balaban J connectivity index is 0.000000173. The van der Waals surface area contributed by atoms with Crippen molar-refractivity contribution in [2.45, 2.75) is 13.3 Å². The van der Waals surface area contributed by atoms with Crippen LogP contribution in [-0.2, 0) is 25.4 Å². The largest absolute Gasteiger partial charge is 0.397 e. The first-order chi connectivity index (χ1) is 36.3. The highest BCUT2D eigenvalue weighted by Crippen LogP contribution is 2.23. The second-order valence-corrected chi connectivity index (χ2v) is 16.7. The SMILES string of the molecule is CCO.Fc1cnc(N/N=C/c2ccc(Nc3ccc(N4CCOCC4)cc3)cn2)nc1N1CCOCC1.NNc1ncc(F)c(N2CCOCC2)n1.O=Cc1ccc(Cc2ccc(N3CCOCC3)cc2)cn1. The van der Waals surface area contributed by atoms with E-state index in [0.717, 1.165) is 94.6 Å². The first kappa shape index (κ1) is 54.2. The fraction of sp³-hybridized carbons (Fsp3) is 0.373. The molecule has 23 heteroatoms.